The number of hydrazine groups is 1. The molecule has 0 bridgehead atoms. The molecule has 2 aromatic carbocycles. The van der Waals surface area contributed by atoms with Crippen LogP contribution >= 0.6 is 0 Å². The Bertz CT molecular complexity index is 2060. The molecule has 4 unspecified atom stereocenters. The fourth-order valence-electron chi connectivity index (χ4n) is 5.04. The molecule has 0 saturated heterocycles. The second-order valence-electron chi connectivity index (χ2n) is 12.8. The second-order valence-corrected chi connectivity index (χ2v) is 12.8. The summed E-state index contributed by atoms with van der Waals surface area (Å²) < 4.78 is 126. The van der Waals surface area contributed by atoms with Crippen LogP contribution in [0.25, 0.3) is 11.1 Å². The third-order valence-electron chi connectivity index (χ3n) is 7.62. The van der Waals surface area contributed by atoms with Crippen molar-refractivity contribution in [2.75, 3.05) is 20.6 Å². The molecule has 3 rings (SSSR count). The van der Waals surface area contributed by atoms with Gasteiger partial charge in [0, 0.05) is 37.8 Å². The molecule has 51 heavy (non-hydrogen) atoms. The van der Waals surface area contributed by atoms with Crippen LogP contribution in [0.2, 0.25) is 0 Å². The molecule has 0 aliphatic rings. The fourth-order valence-corrected chi connectivity index (χ4v) is 5.04. The number of rotatable bonds is 14. The van der Waals surface area contributed by atoms with E-state index in [-0.39, 0.29) is 13.0 Å². The number of pyridine rings is 1. The maximum atomic E-state index is 14.5. The molecule has 13 heteroatoms. The number of ether oxygens (including phenoxy) is 2. The molecule has 0 aliphatic carbocycles. The summed E-state index contributed by atoms with van der Waals surface area (Å²) in [6.07, 6.45) is -2.53. The Morgan fingerprint density at radius 1 is 0.784 bits per heavy atom. The van der Waals surface area contributed by atoms with Crippen molar-refractivity contribution in [3.63, 3.8) is 0 Å². The van der Waals surface area contributed by atoms with E-state index in [1.54, 1.807) is 99.1 Å². The number of aromatic nitrogens is 1. The van der Waals surface area contributed by atoms with Crippen LogP contribution in [-0.2, 0) is 32.0 Å². The zero-order chi connectivity index (χ0) is 50.3. The van der Waals surface area contributed by atoms with E-state index >= 15 is 0 Å². The van der Waals surface area contributed by atoms with E-state index in [0.29, 0.717) is 11.1 Å². The molecule has 0 radical (unpaired) electrons. The van der Waals surface area contributed by atoms with Gasteiger partial charge in [-0.15, -0.1) is 0 Å². The monoisotopic (exact) mass is 719 g/mol. The van der Waals surface area contributed by atoms with Crippen molar-refractivity contribution in [3.8, 4) is 11.1 Å². The number of hydrogen-bond donors (Lipinski definition) is 5. The average Bonchev–Trinajstić information content (AvgIpc) is 3.14. The van der Waals surface area contributed by atoms with Gasteiger partial charge in [0.15, 0.2) is 0 Å². The van der Waals surface area contributed by atoms with E-state index in [4.69, 9.17) is 20.6 Å². The number of carbonyl (C=O) groups excluding carboxylic acids is 4. The lowest BCUT2D eigenvalue weighted by atomic mass is 9.85. The number of carbonyl (C=O) groups is 4. The minimum atomic E-state index is -4.13. The Hall–Kier alpha value is -5.01. The van der Waals surface area contributed by atoms with Gasteiger partial charge in [0.05, 0.1) is 34.4 Å². The van der Waals surface area contributed by atoms with Crippen molar-refractivity contribution in [2.24, 2.45) is 10.8 Å². The largest absolute Gasteiger partial charge is 0.453 e. The number of aliphatic hydroxyl groups excluding tert-OH is 1. The number of aliphatic hydroxyl groups is 1. The molecule has 13 nitrogen and oxygen atoms in total. The summed E-state index contributed by atoms with van der Waals surface area (Å²) in [5, 5.41) is 19.3. The van der Waals surface area contributed by atoms with Crippen LogP contribution < -0.4 is 21.4 Å². The summed E-state index contributed by atoms with van der Waals surface area (Å²) in [6.45, 7) is -8.58. The van der Waals surface area contributed by atoms with Crippen LogP contribution in [0, 0.1) is 10.8 Å². The van der Waals surface area contributed by atoms with E-state index in [9.17, 15) is 24.3 Å². The first-order valence-electron chi connectivity index (χ1n) is 23.1. The number of alkyl carbamates (subject to hydrolysis) is 2. The van der Waals surface area contributed by atoms with Gasteiger partial charge < -0.3 is 30.5 Å². The van der Waals surface area contributed by atoms with Crippen LogP contribution in [0.1, 0.15) is 73.0 Å². The molecular weight excluding hydrogens is 652 g/mol. The lowest BCUT2D eigenvalue weighted by Crippen LogP contribution is -2.60. The number of nitrogens with zero attached hydrogens (tertiary/aromatic N) is 2. The maximum Gasteiger partial charge on any atom is 0.407 e. The smallest absolute Gasteiger partial charge is 0.407 e. The molecule has 3 aromatic rings. The average molecular weight is 720 g/mol. The highest BCUT2D eigenvalue weighted by molar-refractivity contribution is 5.87. The van der Waals surface area contributed by atoms with Gasteiger partial charge in [0.1, 0.15) is 12.1 Å². The fraction of sp³-hybridized carbons (Fsp3) is 0.447. The number of methoxy groups -OCH3 is 2. The summed E-state index contributed by atoms with van der Waals surface area (Å²) in [4.78, 5) is 58.2. The Balaban J connectivity index is 2.18. The highest BCUT2D eigenvalue weighted by atomic mass is 16.5. The van der Waals surface area contributed by atoms with Gasteiger partial charge in [-0.3, -0.25) is 20.0 Å². The van der Waals surface area contributed by atoms with Crippen molar-refractivity contribution in [3.05, 3.63) is 90.3 Å². The van der Waals surface area contributed by atoms with Crippen molar-refractivity contribution in [2.45, 2.75) is 78.5 Å². The Kier molecular flexibility index (Phi) is 8.41. The van der Waals surface area contributed by atoms with Crippen molar-refractivity contribution in [1.29, 1.82) is 0 Å². The molecule has 0 fully saturated rings. The van der Waals surface area contributed by atoms with Gasteiger partial charge in [0.25, 0.3) is 5.91 Å². The molecule has 4 atom stereocenters. The summed E-state index contributed by atoms with van der Waals surface area (Å²) in [5.74, 6) is -2.74. The highest BCUT2D eigenvalue weighted by Gasteiger charge is 2.37. The van der Waals surface area contributed by atoms with Gasteiger partial charge in [-0.2, -0.15) is 0 Å². The summed E-state index contributed by atoms with van der Waals surface area (Å²) in [5.41, 5.74) is -0.218. The third-order valence-corrected chi connectivity index (χ3v) is 7.62. The quantitative estimate of drug-likeness (QED) is 0.153. The first kappa shape index (κ1) is 23.5. The Morgan fingerprint density at radius 2 is 1.41 bits per heavy atom. The van der Waals surface area contributed by atoms with Crippen LogP contribution in [0.4, 0.5) is 9.59 Å². The highest BCUT2D eigenvalue weighted by Crippen LogP contribution is 2.23. The molecule has 5 N–H and O–H groups in total. The first-order valence-corrected chi connectivity index (χ1v) is 15.6. The molecule has 276 valence electrons. The maximum absolute atomic E-state index is 14.5. The Labute approximate surface area is 321 Å². The lowest BCUT2D eigenvalue weighted by Gasteiger charge is -2.35. The number of benzene rings is 2. The normalized spacial score (nSPS) is 19.6. The van der Waals surface area contributed by atoms with Crippen LogP contribution in [0.15, 0.2) is 79.1 Å². The minimum absolute atomic E-state index is 0.218. The van der Waals surface area contributed by atoms with Gasteiger partial charge in [-0.1, -0.05) is 102 Å². The predicted octanol–water partition coefficient (Wildman–Crippen LogP) is 4.21. The van der Waals surface area contributed by atoms with E-state index in [1.807, 2.05) is 6.07 Å². The summed E-state index contributed by atoms with van der Waals surface area (Å²) in [6, 6.07) is 12.0. The van der Waals surface area contributed by atoms with Crippen molar-refractivity contribution in [1.82, 2.24) is 31.4 Å². The molecule has 0 spiro atoms. The molecular formula is C38H52N6O7. The van der Waals surface area contributed by atoms with Crippen LogP contribution in [-0.4, -0.2) is 84.0 Å². The molecule has 0 saturated carbocycles. The summed E-state index contributed by atoms with van der Waals surface area (Å²) >= 11 is 0. The second kappa shape index (κ2) is 18.3. The van der Waals surface area contributed by atoms with Crippen LogP contribution in [0.3, 0.4) is 0 Å². The Morgan fingerprint density at radius 3 is 1.96 bits per heavy atom. The lowest BCUT2D eigenvalue weighted by molar-refractivity contribution is -0.132. The summed E-state index contributed by atoms with van der Waals surface area (Å²) in [7, 11) is -6.70. The van der Waals surface area contributed by atoms with Gasteiger partial charge in [0.2, 0.25) is 5.91 Å². The van der Waals surface area contributed by atoms with Gasteiger partial charge in [-0.05, 0) is 45.6 Å². The van der Waals surface area contributed by atoms with Gasteiger partial charge in [-0.25, -0.2) is 14.6 Å². The molecule has 4 amide bonds. The van der Waals surface area contributed by atoms with Crippen molar-refractivity contribution < 1.29 is 54.3 Å². The van der Waals surface area contributed by atoms with Crippen LogP contribution in [0.5, 0.6) is 0 Å². The number of amides is 4. The number of hydrogen-bond acceptors (Lipinski definition) is 9. The standard InChI is InChI=1S/C38H52N6O7/c1-37(2,3)31(41-35(48)50-7)33(46)40-29(21-25-13-10-9-11-14-25)30(45)24-44(43-34(47)32(38(4,5)6)42-36(49)51-8)23-26-16-18-27(19-17-26)28-15-12-20-39-22-28/h9-20,22,29-32,45H,21,23-24H2,1-8H3,(H,40,46)(H,41,48)(H,42,49)(H,43,47)/i1D3,2D3,3D3,7D3,8D3. The third kappa shape index (κ3) is 12.7. The molecule has 1 heterocycles. The topological polar surface area (TPSA) is 171 Å². The molecule has 0 aliphatic heterocycles. The first-order chi connectivity index (χ1) is 30.1. The van der Waals surface area contributed by atoms with E-state index < -0.39 is 100 Å². The molecule has 1 aromatic heterocycles. The predicted molar refractivity (Wildman–Crippen MR) is 194 cm³/mol. The van der Waals surface area contributed by atoms with E-state index in [0.717, 1.165) is 16.1 Å². The van der Waals surface area contributed by atoms with E-state index in [1.165, 1.54) is 0 Å². The SMILES string of the molecule is [2H]C([2H])([2H])OC(=O)NC(C(=O)NN(Cc1ccc(-c2cccnc2)cc1)CC(O)C(Cc1ccccc1)NC(=O)C(NC(=O)OC([2H])([2H])[2H])C(C([2H])([2H])[2H])(C([2H])([2H])[2H])C([2H])([2H])[2H])C(C)(C)C. The van der Waals surface area contributed by atoms with E-state index in [2.05, 4.69) is 30.5 Å². The minimum Gasteiger partial charge on any atom is -0.453 e. The van der Waals surface area contributed by atoms with Crippen molar-refractivity contribution >= 4 is 24.0 Å². The zero-order valence-electron chi connectivity index (χ0n) is 43.2. The number of nitrogens with one attached hydrogen (secondary N) is 4. The zero-order valence-corrected chi connectivity index (χ0v) is 28.2. The van der Waals surface area contributed by atoms with Gasteiger partial charge >= 0.3 is 12.2 Å².